The molecule has 0 spiro atoms. The zero-order valence-corrected chi connectivity index (χ0v) is 12.2. The van der Waals surface area contributed by atoms with Gasteiger partial charge in [0.1, 0.15) is 5.75 Å². The number of carboxylic acid groups (broad SMARTS) is 2. The molecular formula is C14H11NO7S. The van der Waals surface area contributed by atoms with E-state index in [4.69, 9.17) is 10.2 Å². The first-order valence-electron chi connectivity index (χ1n) is 6.13. The molecule has 0 aromatic heterocycles. The summed E-state index contributed by atoms with van der Waals surface area (Å²) in [5, 5.41) is 27.3. The molecule has 23 heavy (non-hydrogen) atoms. The maximum atomic E-state index is 12.2. The van der Waals surface area contributed by atoms with Gasteiger partial charge in [-0.2, -0.15) is 0 Å². The van der Waals surface area contributed by atoms with E-state index >= 15 is 0 Å². The van der Waals surface area contributed by atoms with E-state index in [1.807, 2.05) is 0 Å². The number of carboxylic acids is 2. The summed E-state index contributed by atoms with van der Waals surface area (Å²) in [7, 11) is -4.06. The summed E-state index contributed by atoms with van der Waals surface area (Å²) in [6.45, 7) is 0. The second-order valence-electron chi connectivity index (χ2n) is 4.47. The first kappa shape index (κ1) is 16.3. The molecule has 0 aliphatic carbocycles. The average Bonchev–Trinajstić information content (AvgIpc) is 2.49. The van der Waals surface area contributed by atoms with Gasteiger partial charge >= 0.3 is 11.9 Å². The molecule has 2 aromatic rings. The van der Waals surface area contributed by atoms with E-state index in [0.717, 1.165) is 42.5 Å². The molecule has 0 saturated heterocycles. The van der Waals surface area contributed by atoms with Crippen molar-refractivity contribution >= 4 is 27.6 Å². The molecule has 0 saturated carbocycles. The number of anilines is 1. The van der Waals surface area contributed by atoms with Crippen LogP contribution in [0.3, 0.4) is 0 Å². The Hall–Kier alpha value is -3.07. The normalized spacial score (nSPS) is 11.0. The summed E-state index contributed by atoms with van der Waals surface area (Å²) >= 11 is 0. The Morgan fingerprint density at radius 3 is 1.87 bits per heavy atom. The van der Waals surface area contributed by atoms with Crippen molar-refractivity contribution in [3.8, 4) is 5.75 Å². The fourth-order valence-corrected chi connectivity index (χ4v) is 2.81. The number of aromatic carboxylic acids is 2. The monoisotopic (exact) mass is 337 g/mol. The van der Waals surface area contributed by atoms with Gasteiger partial charge in [0.15, 0.2) is 0 Å². The number of phenolic OH excluding ortho intramolecular Hbond substituents is 1. The van der Waals surface area contributed by atoms with Gasteiger partial charge in [0.05, 0.1) is 21.7 Å². The lowest BCUT2D eigenvalue weighted by Gasteiger charge is -2.10. The van der Waals surface area contributed by atoms with Crippen LogP contribution in [0.25, 0.3) is 0 Å². The van der Waals surface area contributed by atoms with E-state index < -0.39 is 27.7 Å². The Labute approximate surface area is 130 Å². The minimum Gasteiger partial charge on any atom is -0.506 e. The fraction of sp³-hybridized carbons (Fsp3) is 0. The van der Waals surface area contributed by atoms with Gasteiger partial charge in [0.25, 0.3) is 10.0 Å². The second-order valence-corrected chi connectivity index (χ2v) is 6.15. The molecule has 0 aliphatic heterocycles. The van der Waals surface area contributed by atoms with Crippen LogP contribution in [0.1, 0.15) is 20.7 Å². The van der Waals surface area contributed by atoms with Crippen LogP contribution in [0.5, 0.6) is 5.75 Å². The van der Waals surface area contributed by atoms with Crippen molar-refractivity contribution < 1.29 is 33.3 Å². The van der Waals surface area contributed by atoms with Crippen LogP contribution >= 0.6 is 0 Å². The number of rotatable bonds is 5. The third kappa shape index (κ3) is 3.58. The van der Waals surface area contributed by atoms with Crippen LogP contribution in [0.15, 0.2) is 47.4 Å². The Morgan fingerprint density at radius 2 is 1.39 bits per heavy atom. The predicted molar refractivity (Wildman–Crippen MR) is 79.3 cm³/mol. The molecule has 0 fully saturated rings. The van der Waals surface area contributed by atoms with Gasteiger partial charge in [0, 0.05) is 0 Å². The SMILES string of the molecule is O=C(O)c1ccc(S(=O)(=O)Nc2ccc(C(=O)O)cc2O)cc1. The Balaban J connectivity index is 2.31. The van der Waals surface area contributed by atoms with E-state index in [-0.39, 0.29) is 21.7 Å². The molecule has 120 valence electrons. The molecule has 0 bridgehead atoms. The summed E-state index contributed by atoms with van der Waals surface area (Å²) in [6, 6.07) is 7.63. The molecule has 0 radical (unpaired) electrons. The maximum absolute atomic E-state index is 12.2. The Kier molecular flexibility index (Phi) is 4.23. The van der Waals surface area contributed by atoms with Gasteiger partial charge in [-0.3, -0.25) is 4.72 Å². The van der Waals surface area contributed by atoms with E-state index in [1.165, 1.54) is 0 Å². The highest BCUT2D eigenvalue weighted by atomic mass is 32.2. The number of aromatic hydroxyl groups is 1. The van der Waals surface area contributed by atoms with E-state index in [0.29, 0.717) is 0 Å². The van der Waals surface area contributed by atoms with Crippen LogP contribution in [-0.4, -0.2) is 35.7 Å². The summed E-state index contributed by atoms with van der Waals surface area (Å²) < 4.78 is 26.4. The zero-order valence-electron chi connectivity index (χ0n) is 11.4. The van der Waals surface area contributed by atoms with E-state index in [9.17, 15) is 23.1 Å². The number of benzene rings is 2. The summed E-state index contributed by atoms with van der Waals surface area (Å²) in [4.78, 5) is 21.3. The molecular weight excluding hydrogens is 326 g/mol. The fourth-order valence-electron chi connectivity index (χ4n) is 1.73. The Morgan fingerprint density at radius 1 is 0.870 bits per heavy atom. The second kappa shape index (κ2) is 5.97. The molecule has 4 N–H and O–H groups in total. The minimum atomic E-state index is -4.06. The van der Waals surface area contributed by atoms with Crippen molar-refractivity contribution in [3.05, 3.63) is 53.6 Å². The average molecular weight is 337 g/mol. The topological polar surface area (TPSA) is 141 Å². The molecule has 9 heteroatoms. The third-order valence-electron chi connectivity index (χ3n) is 2.90. The van der Waals surface area contributed by atoms with Gasteiger partial charge in [-0.05, 0) is 42.5 Å². The van der Waals surface area contributed by atoms with Crippen molar-refractivity contribution in [2.75, 3.05) is 4.72 Å². The van der Waals surface area contributed by atoms with Crippen molar-refractivity contribution in [2.24, 2.45) is 0 Å². The molecule has 2 rings (SSSR count). The smallest absolute Gasteiger partial charge is 0.335 e. The standard InChI is InChI=1S/C14H11NO7S/c16-12-7-9(14(19)20)3-6-11(12)15-23(21,22)10-4-1-8(2-5-10)13(17)18/h1-7,15-16H,(H,17,18)(H,19,20). The van der Waals surface area contributed by atoms with Crippen LogP contribution < -0.4 is 4.72 Å². The highest BCUT2D eigenvalue weighted by molar-refractivity contribution is 7.92. The van der Waals surface area contributed by atoms with E-state index in [1.54, 1.807) is 0 Å². The minimum absolute atomic E-state index is 0.0717. The molecule has 0 atom stereocenters. The van der Waals surface area contributed by atoms with Crippen molar-refractivity contribution in [1.29, 1.82) is 0 Å². The van der Waals surface area contributed by atoms with Gasteiger partial charge in [-0.25, -0.2) is 18.0 Å². The Bertz CT molecular complexity index is 872. The molecule has 8 nitrogen and oxygen atoms in total. The van der Waals surface area contributed by atoms with Crippen LogP contribution in [0.2, 0.25) is 0 Å². The highest BCUT2D eigenvalue weighted by Gasteiger charge is 2.17. The number of sulfonamides is 1. The van der Waals surface area contributed by atoms with Gasteiger partial charge in [0.2, 0.25) is 0 Å². The van der Waals surface area contributed by atoms with Crippen molar-refractivity contribution in [2.45, 2.75) is 4.90 Å². The van der Waals surface area contributed by atoms with Crippen LogP contribution in [-0.2, 0) is 10.0 Å². The predicted octanol–water partition coefficient (Wildman–Crippen LogP) is 1.59. The summed E-state index contributed by atoms with van der Waals surface area (Å²) in [5.41, 5.74) is -0.467. The third-order valence-corrected chi connectivity index (χ3v) is 4.28. The summed E-state index contributed by atoms with van der Waals surface area (Å²) in [6.07, 6.45) is 0. The van der Waals surface area contributed by atoms with Gasteiger partial charge < -0.3 is 15.3 Å². The lowest BCUT2D eigenvalue weighted by atomic mass is 10.2. The maximum Gasteiger partial charge on any atom is 0.335 e. The zero-order chi connectivity index (χ0) is 17.2. The number of hydrogen-bond donors (Lipinski definition) is 4. The van der Waals surface area contributed by atoms with Crippen LogP contribution in [0.4, 0.5) is 5.69 Å². The van der Waals surface area contributed by atoms with Gasteiger partial charge in [-0.1, -0.05) is 0 Å². The number of carbonyl (C=O) groups is 2. The first-order chi connectivity index (χ1) is 10.7. The molecule has 0 aliphatic rings. The molecule has 2 aromatic carbocycles. The first-order valence-corrected chi connectivity index (χ1v) is 7.61. The van der Waals surface area contributed by atoms with E-state index in [2.05, 4.69) is 4.72 Å². The van der Waals surface area contributed by atoms with Crippen LogP contribution in [0, 0.1) is 0 Å². The van der Waals surface area contributed by atoms with Crippen molar-refractivity contribution in [1.82, 2.24) is 0 Å². The molecule has 0 unspecified atom stereocenters. The number of hydrogen-bond acceptors (Lipinski definition) is 5. The lowest BCUT2D eigenvalue weighted by molar-refractivity contribution is 0.0686. The quantitative estimate of drug-likeness (QED) is 0.607. The lowest BCUT2D eigenvalue weighted by Crippen LogP contribution is -2.13. The number of nitrogens with one attached hydrogen (secondary N) is 1. The van der Waals surface area contributed by atoms with Gasteiger partial charge in [-0.15, -0.1) is 0 Å². The number of phenols is 1. The van der Waals surface area contributed by atoms with Crippen molar-refractivity contribution in [3.63, 3.8) is 0 Å². The molecule has 0 amide bonds. The largest absolute Gasteiger partial charge is 0.506 e. The molecule has 0 heterocycles. The highest BCUT2D eigenvalue weighted by Crippen LogP contribution is 2.27. The summed E-state index contributed by atoms with van der Waals surface area (Å²) in [5.74, 6) is -3.00.